The fraction of sp³-hybridized carbons (Fsp3) is 0.174. The van der Waals surface area contributed by atoms with Gasteiger partial charge in [0.25, 0.3) is 5.91 Å². The highest BCUT2D eigenvalue weighted by atomic mass is 32.2. The zero-order valence-corrected chi connectivity index (χ0v) is 17.6. The van der Waals surface area contributed by atoms with E-state index in [4.69, 9.17) is 4.74 Å². The van der Waals surface area contributed by atoms with Crippen molar-refractivity contribution in [3.63, 3.8) is 0 Å². The molecule has 7 heteroatoms. The Kier molecular flexibility index (Phi) is 5.22. The maximum atomic E-state index is 13.0. The molecule has 1 N–H and O–H groups in total. The van der Waals surface area contributed by atoms with Gasteiger partial charge in [0.2, 0.25) is 10.0 Å². The number of aryl methyl sites for hydroxylation is 2. The van der Waals surface area contributed by atoms with Crippen molar-refractivity contribution in [1.29, 1.82) is 0 Å². The Morgan fingerprint density at radius 2 is 1.70 bits per heavy atom. The molecule has 0 aromatic heterocycles. The first kappa shape index (κ1) is 20.0. The average molecular weight is 423 g/mol. The monoisotopic (exact) mass is 422 g/mol. The smallest absolute Gasteiger partial charge is 0.261 e. The quantitative estimate of drug-likeness (QED) is 0.663. The third-order valence-corrected chi connectivity index (χ3v) is 6.27. The Morgan fingerprint density at radius 3 is 2.47 bits per heavy atom. The largest absolute Gasteiger partial charge is 0.454 e. The molecule has 1 aliphatic rings. The van der Waals surface area contributed by atoms with Gasteiger partial charge < -0.3 is 9.64 Å². The molecule has 1 aliphatic heterocycles. The highest BCUT2D eigenvalue weighted by molar-refractivity contribution is 7.92. The molecule has 0 aliphatic carbocycles. The van der Waals surface area contributed by atoms with Gasteiger partial charge in [-0.25, -0.2) is 8.42 Å². The van der Waals surface area contributed by atoms with Crippen molar-refractivity contribution in [3.8, 4) is 11.5 Å². The zero-order chi connectivity index (χ0) is 21.3. The summed E-state index contributed by atoms with van der Waals surface area (Å²) in [7, 11) is -1.90. The second-order valence-corrected chi connectivity index (χ2v) is 9.15. The average Bonchev–Trinajstić information content (AvgIpc) is 2.83. The molecule has 6 nitrogen and oxygen atoms in total. The van der Waals surface area contributed by atoms with Crippen LogP contribution in [0.4, 0.5) is 11.4 Å². The lowest BCUT2D eigenvalue weighted by molar-refractivity contribution is 0.0993. The van der Waals surface area contributed by atoms with Crippen LogP contribution in [-0.2, 0) is 16.4 Å². The third kappa shape index (κ3) is 4.16. The molecule has 3 aromatic carbocycles. The number of amides is 1. The predicted octanol–water partition coefficient (Wildman–Crippen LogP) is 4.36. The number of fused-ring (bicyclic) bond motifs is 2. The maximum absolute atomic E-state index is 13.0. The van der Waals surface area contributed by atoms with Crippen molar-refractivity contribution in [2.75, 3.05) is 22.4 Å². The number of benzene rings is 3. The lowest BCUT2D eigenvalue weighted by Gasteiger charge is -2.17. The van der Waals surface area contributed by atoms with Gasteiger partial charge in [0.1, 0.15) is 5.75 Å². The second kappa shape index (κ2) is 7.84. The molecule has 3 aromatic rings. The number of rotatable bonds is 5. The summed E-state index contributed by atoms with van der Waals surface area (Å²) in [6, 6.07) is 19.8. The summed E-state index contributed by atoms with van der Waals surface area (Å²) in [5.41, 5.74) is 3.25. The van der Waals surface area contributed by atoms with Gasteiger partial charge in [0.15, 0.2) is 5.75 Å². The number of carbonyl (C=O) groups excluding carboxylic acids is 1. The van der Waals surface area contributed by atoms with E-state index in [1.807, 2.05) is 55.5 Å². The van der Waals surface area contributed by atoms with E-state index in [9.17, 15) is 13.2 Å². The fourth-order valence-electron chi connectivity index (χ4n) is 3.36. The van der Waals surface area contributed by atoms with Gasteiger partial charge in [-0.05, 0) is 54.8 Å². The number of sulfonamides is 1. The maximum Gasteiger partial charge on any atom is 0.261 e. The summed E-state index contributed by atoms with van der Waals surface area (Å²) in [5, 5.41) is 0. The Morgan fingerprint density at radius 1 is 0.967 bits per heavy atom. The van der Waals surface area contributed by atoms with E-state index >= 15 is 0 Å². The molecule has 0 atom stereocenters. The summed E-state index contributed by atoms with van der Waals surface area (Å²) in [6.45, 7) is 1.94. The summed E-state index contributed by atoms with van der Waals surface area (Å²) < 4.78 is 33.6. The highest BCUT2D eigenvalue weighted by Crippen LogP contribution is 2.39. The molecule has 0 bridgehead atoms. The summed E-state index contributed by atoms with van der Waals surface area (Å²) in [6.07, 6.45) is 0.403. The van der Waals surface area contributed by atoms with Crippen molar-refractivity contribution in [3.05, 3.63) is 83.4 Å². The van der Waals surface area contributed by atoms with Crippen molar-refractivity contribution >= 4 is 27.3 Å². The third-order valence-electron chi connectivity index (χ3n) is 4.99. The van der Waals surface area contributed by atoms with Crippen molar-refractivity contribution in [2.45, 2.75) is 13.3 Å². The van der Waals surface area contributed by atoms with Crippen LogP contribution in [0.25, 0.3) is 0 Å². The molecule has 154 valence electrons. The fourth-order valence-corrected chi connectivity index (χ4v) is 4.45. The second-order valence-electron chi connectivity index (χ2n) is 7.30. The van der Waals surface area contributed by atoms with E-state index in [2.05, 4.69) is 4.72 Å². The number of hydrogen-bond donors (Lipinski definition) is 1. The Labute approximate surface area is 176 Å². The first-order valence-corrected chi connectivity index (χ1v) is 11.2. The molecular formula is C23H22N2O4S. The molecule has 0 fully saturated rings. The van der Waals surface area contributed by atoms with E-state index in [1.165, 1.54) is 11.0 Å². The zero-order valence-electron chi connectivity index (χ0n) is 16.8. The molecule has 0 spiro atoms. The van der Waals surface area contributed by atoms with Crippen LogP contribution in [0.2, 0.25) is 0 Å². The molecule has 4 rings (SSSR count). The van der Waals surface area contributed by atoms with Crippen molar-refractivity contribution in [1.82, 2.24) is 0 Å². The van der Waals surface area contributed by atoms with E-state index < -0.39 is 10.0 Å². The minimum atomic E-state index is -3.57. The van der Waals surface area contributed by atoms with Gasteiger partial charge in [-0.1, -0.05) is 36.4 Å². The summed E-state index contributed by atoms with van der Waals surface area (Å²) >= 11 is 0. The number of nitrogens with zero attached hydrogens (tertiary/aromatic N) is 1. The van der Waals surface area contributed by atoms with E-state index in [0.717, 1.165) is 11.1 Å². The summed E-state index contributed by atoms with van der Waals surface area (Å²) in [4.78, 5) is 14.5. The van der Waals surface area contributed by atoms with Crippen molar-refractivity contribution < 1.29 is 17.9 Å². The van der Waals surface area contributed by atoms with Crippen LogP contribution in [0.15, 0.2) is 66.7 Å². The molecule has 0 radical (unpaired) electrons. The van der Waals surface area contributed by atoms with Gasteiger partial charge in [-0.2, -0.15) is 0 Å². The van der Waals surface area contributed by atoms with E-state index in [-0.39, 0.29) is 11.7 Å². The molecule has 1 amide bonds. The number of anilines is 2. The molecule has 1 heterocycles. The minimum absolute atomic E-state index is 0.0524. The first-order chi connectivity index (χ1) is 14.3. The van der Waals surface area contributed by atoms with Gasteiger partial charge in [0, 0.05) is 12.7 Å². The molecule has 0 unspecified atom stereocenters. The van der Waals surface area contributed by atoms with Crippen LogP contribution in [0.3, 0.4) is 0 Å². The Hall–Kier alpha value is -3.32. The van der Waals surface area contributed by atoms with Crippen LogP contribution in [-0.4, -0.2) is 27.1 Å². The first-order valence-electron chi connectivity index (χ1n) is 9.57. The van der Waals surface area contributed by atoms with Gasteiger partial charge in [-0.3, -0.25) is 9.52 Å². The standard InChI is InChI=1S/C23H22N2O4S/c1-16-8-10-22-20(14-16)25(2)23(26)19-15-18(9-11-21(19)29-22)24-30(27,28)13-12-17-6-4-3-5-7-17/h3-11,14-15,24H,12-13H2,1-2H3. The molecule has 0 saturated heterocycles. The molecule has 30 heavy (non-hydrogen) atoms. The number of nitrogens with one attached hydrogen (secondary N) is 1. The van der Waals surface area contributed by atoms with Gasteiger partial charge in [0.05, 0.1) is 17.0 Å². The van der Waals surface area contributed by atoms with Crippen LogP contribution in [0, 0.1) is 6.92 Å². The van der Waals surface area contributed by atoms with Crippen LogP contribution >= 0.6 is 0 Å². The lowest BCUT2D eigenvalue weighted by Crippen LogP contribution is -2.25. The normalized spacial score (nSPS) is 13.1. The van der Waals surface area contributed by atoms with E-state index in [1.54, 1.807) is 19.2 Å². The predicted molar refractivity (Wildman–Crippen MR) is 118 cm³/mol. The van der Waals surface area contributed by atoms with E-state index in [0.29, 0.717) is 34.9 Å². The Balaban J connectivity index is 1.57. The lowest BCUT2D eigenvalue weighted by atomic mass is 10.1. The SMILES string of the molecule is Cc1ccc2c(c1)N(C)C(=O)c1cc(NS(=O)(=O)CCc3ccccc3)ccc1O2. The minimum Gasteiger partial charge on any atom is -0.454 e. The van der Waals surface area contributed by atoms with Crippen LogP contribution < -0.4 is 14.4 Å². The summed E-state index contributed by atoms with van der Waals surface area (Å²) in [5.74, 6) is 0.649. The van der Waals surface area contributed by atoms with Gasteiger partial charge >= 0.3 is 0 Å². The van der Waals surface area contributed by atoms with Gasteiger partial charge in [-0.15, -0.1) is 0 Å². The Bertz CT molecular complexity index is 1210. The number of ether oxygens (including phenoxy) is 1. The highest BCUT2D eigenvalue weighted by Gasteiger charge is 2.26. The molecular weight excluding hydrogens is 400 g/mol. The van der Waals surface area contributed by atoms with Crippen molar-refractivity contribution in [2.24, 2.45) is 0 Å². The topological polar surface area (TPSA) is 75.7 Å². The number of hydrogen-bond acceptors (Lipinski definition) is 4. The van der Waals surface area contributed by atoms with Crippen LogP contribution in [0.5, 0.6) is 11.5 Å². The number of carbonyl (C=O) groups is 1. The van der Waals surface area contributed by atoms with Crippen LogP contribution in [0.1, 0.15) is 21.5 Å². The molecule has 0 saturated carbocycles.